The molecule has 19 heavy (non-hydrogen) atoms. The van der Waals surface area contributed by atoms with Crippen LogP contribution in [-0.2, 0) is 6.61 Å². The first-order chi connectivity index (χ1) is 9.03. The molecule has 2 heteroatoms. The van der Waals surface area contributed by atoms with Gasteiger partial charge in [-0.15, -0.1) is 0 Å². The van der Waals surface area contributed by atoms with Crippen LogP contribution in [0.3, 0.4) is 0 Å². The average Bonchev–Trinajstić information content (AvgIpc) is 2.36. The van der Waals surface area contributed by atoms with Crippen molar-refractivity contribution >= 4 is 0 Å². The monoisotopic (exact) mass is 256 g/mol. The van der Waals surface area contributed by atoms with E-state index in [9.17, 15) is 0 Å². The summed E-state index contributed by atoms with van der Waals surface area (Å²) >= 11 is 0. The van der Waals surface area contributed by atoms with Crippen molar-refractivity contribution in [3.8, 4) is 11.5 Å². The summed E-state index contributed by atoms with van der Waals surface area (Å²) in [7, 11) is 0. The van der Waals surface area contributed by atoms with Gasteiger partial charge in [0.15, 0.2) is 0 Å². The lowest BCUT2D eigenvalue weighted by molar-refractivity contribution is 0.130. The van der Waals surface area contributed by atoms with E-state index < -0.39 is 0 Å². The number of hydrogen-bond donors (Lipinski definition) is 0. The molecule has 0 heterocycles. The van der Waals surface area contributed by atoms with Crippen LogP contribution in [0.15, 0.2) is 54.6 Å². The quantitative estimate of drug-likeness (QED) is 0.805. The molecule has 0 aromatic heterocycles. The fourth-order valence-corrected chi connectivity index (χ4v) is 1.72. The van der Waals surface area contributed by atoms with Crippen LogP contribution in [0, 0.1) is 0 Å². The molecule has 0 saturated carbocycles. The Kier molecular flexibility index (Phi) is 4.10. The minimum absolute atomic E-state index is 0.196. The Hall–Kier alpha value is -1.96. The summed E-state index contributed by atoms with van der Waals surface area (Å²) in [5, 5.41) is 0. The second kappa shape index (κ2) is 5.79. The predicted octanol–water partition coefficient (Wildman–Crippen LogP) is 4.44. The normalized spacial score (nSPS) is 11.1. The van der Waals surface area contributed by atoms with Crippen LogP contribution < -0.4 is 9.47 Å². The Morgan fingerprint density at radius 2 is 1.53 bits per heavy atom. The van der Waals surface area contributed by atoms with E-state index in [0.717, 1.165) is 17.1 Å². The van der Waals surface area contributed by atoms with Crippen LogP contribution in [0.2, 0.25) is 0 Å². The molecule has 0 unspecified atom stereocenters. The third kappa shape index (κ3) is 4.66. The van der Waals surface area contributed by atoms with E-state index in [1.165, 1.54) is 0 Å². The van der Waals surface area contributed by atoms with Crippen LogP contribution in [0.5, 0.6) is 11.5 Å². The maximum absolute atomic E-state index is 5.81. The van der Waals surface area contributed by atoms with Gasteiger partial charge in [-0.05, 0) is 38.5 Å². The SMILES string of the molecule is CC(C)(C)Oc1cccc(OCc2ccccc2)c1. The molecule has 0 N–H and O–H groups in total. The highest BCUT2D eigenvalue weighted by atomic mass is 16.5. The van der Waals surface area contributed by atoms with Crippen molar-refractivity contribution in [3.05, 3.63) is 60.2 Å². The molecule has 0 amide bonds. The minimum Gasteiger partial charge on any atom is -0.489 e. The van der Waals surface area contributed by atoms with Gasteiger partial charge in [-0.2, -0.15) is 0 Å². The van der Waals surface area contributed by atoms with Crippen LogP contribution in [0.4, 0.5) is 0 Å². The van der Waals surface area contributed by atoms with E-state index in [4.69, 9.17) is 9.47 Å². The van der Waals surface area contributed by atoms with Crippen LogP contribution >= 0.6 is 0 Å². The maximum atomic E-state index is 5.81. The number of ether oxygens (including phenoxy) is 2. The van der Waals surface area contributed by atoms with E-state index in [2.05, 4.69) is 12.1 Å². The van der Waals surface area contributed by atoms with Crippen molar-refractivity contribution in [2.75, 3.05) is 0 Å². The molecule has 0 aliphatic carbocycles. The van der Waals surface area contributed by atoms with Gasteiger partial charge in [0.25, 0.3) is 0 Å². The topological polar surface area (TPSA) is 18.5 Å². The molecule has 0 fully saturated rings. The Morgan fingerprint density at radius 1 is 0.842 bits per heavy atom. The summed E-state index contributed by atoms with van der Waals surface area (Å²) in [6, 6.07) is 17.9. The molecule has 2 aromatic rings. The number of benzene rings is 2. The van der Waals surface area contributed by atoms with Gasteiger partial charge in [0.1, 0.15) is 23.7 Å². The lowest BCUT2D eigenvalue weighted by Gasteiger charge is -2.21. The van der Waals surface area contributed by atoms with E-state index in [0.29, 0.717) is 6.61 Å². The van der Waals surface area contributed by atoms with Gasteiger partial charge in [-0.1, -0.05) is 36.4 Å². The number of rotatable bonds is 4. The van der Waals surface area contributed by atoms with Gasteiger partial charge in [0.2, 0.25) is 0 Å². The van der Waals surface area contributed by atoms with Crippen molar-refractivity contribution in [2.24, 2.45) is 0 Å². The number of hydrogen-bond acceptors (Lipinski definition) is 2. The molecule has 0 radical (unpaired) electrons. The molecule has 100 valence electrons. The summed E-state index contributed by atoms with van der Waals surface area (Å²) in [6.07, 6.45) is 0. The maximum Gasteiger partial charge on any atom is 0.123 e. The molecule has 0 spiro atoms. The highest BCUT2D eigenvalue weighted by Gasteiger charge is 2.11. The molecular weight excluding hydrogens is 236 g/mol. The van der Waals surface area contributed by atoms with Gasteiger partial charge in [0, 0.05) is 6.07 Å². The molecule has 0 bridgehead atoms. The van der Waals surface area contributed by atoms with E-state index >= 15 is 0 Å². The van der Waals surface area contributed by atoms with Crippen LogP contribution in [0.25, 0.3) is 0 Å². The summed E-state index contributed by atoms with van der Waals surface area (Å²) in [6.45, 7) is 6.67. The third-order valence-corrected chi connectivity index (χ3v) is 2.48. The Morgan fingerprint density at radius 3 is 2.21 bits per heavy atom. The van der Waals surface area contributed by atoms with Gasteiger partial charge >= 0.3 is 0 Å². The third-order valence-electron chi connectivity index (χ3n) is 2.48. The summed E-state index contributed by atoms with van der Waals surface area (Å²) in [4.78, 5) is 0. The molecule has 2 aromatic carbocycles. The smallest absolute Gasteiger partial charge is 0.123 e. The first kappa shape index (κ1) is 13.5. The fourth-order valence-electron chi connectivity index (χ4n) is 1.72. The summed E-state index contributed by atoms with van der Waals surface area (Å²) in [5.41, 5.74) is 0.961. The largest absolute Gasteiger partial charge is 0.489 e. The molecule has 2 rings (SSSR count). The predicted molar refractivity (Wildman–Crippen MR) is 77.6 cm³/mol. The van der Waals surface area contributed by atoms with Crippen molar-refractivity contribution in [2.45, 2.75) is 33.0 Å². The molecule has 0 aliphatic rings. The molecule has 0 aliphatic heterocycles. The zero-order chi connectivity index (χ0) is 13.7. The molecule has 2 nitrogen and oxygen atoms in total. The Labute approximate surface area is 115 Å². The van der Waals surface area contributed by atoms with Crippen molar-refractivity contribution in [1.82, 2.24) is 0 Å². The molecule has 0 atom stereocenters. The van der Waals surface area contributed by atoms with Gasteiger partial charge in [-0.3, -0.25) is 0 Å². The highest BCUT2D eigenvalue weighted by molar-refractivity contribution is 5.33. The first-order valence-corrected chi connectivity index (χ1v) is 6.49. The second-order valence-corrected chi connectivity index (χ2v) is 5.46. The van der Waals surface area contributed by atoms with Crippen LogP contribution in [0.1, 0.15) is 26.3 Å². The van der Waals surface area contributed by atoms with Crippen molar-refractivity contribution in [1.29, 1.82) is 0 Å². The van der Waals surface area contributed by atoms with E-state index in [1.807, 2.05) is 63.2 Å². The first-order valence-electron chi connectivity index (χ1n) is 6.49. The van der Waals surface area contributed by atoms with Gasteiger partial charge in [-0.25, -0.2) is 0 Å². The average molecular weight is 256 g/mol. The lowest BCUT2D eigenvalue weighted by Crippen LogP contribution is -2.22. The van der Waals surface area contributed by atoms with Crippen LogP contribution in [-0.4, -0.2) is 5.60 Å². The second-order valence-electron chi connectivity index (χ2n) is 5.46. The van der Waals surface area contributed by atoms with E-state index in [-0.39, 0.29) is 5.60 Å². The molecule has 0 saturated heterocycles. The highest BCUT2D eigenvalue weighted by Crippen LogP contribution is 2.23. The lowest BCUT2D eigenvalue weighted by atomic mass is 10.2. The molecular formula is C17H20O2. The van der Waals surface area contributed by atoms with Crippen molar-refractivity contribution < 1.29 is 9.47 Å². The van der Waals surface area contributed by atoms with Gasteiger partial charge in [0.05, 0.1) is 0 Å². The minimum atomic E-state index is -0.196. The Balaban J connectivity index is 1.99. The summed E-state index contributed by atoms with van der Waals surface area (Å²) < 4.78 is 11.6. The standard InChI is InChI=1S/C17H20O2/c1-17(2,3)19-16-11-7-10-15(12-16)18-13-14-8-5-4-6-9-14/h4-12H,13H2,1-3H3. The van der Waals surface area contributed by atoms with E-state index in [1.54, 1.807) is 0 Å². The zero-order valence-corrected chi connectivity index (χ0v) is 11.7. The zero-order valence-electron chi connectivity index (χ0n) is 11.7. The van der Waals surface area contributed by atoms with Crippen molar-refractivity contribution in [3.63, 3.8) is 0 Å². The summed E-state index contributed by atoms with van der Waals surface area (Å²) in [5.74, 6) is 1.66. The van der Waals surface area contributed by atoms with Gasteiger partial charge < -0.3 is 9.47 Å². The fraction of sp³-hybridized carbons (Fsp3) is 0.294. The Bertz CT molecular complexity index is 512.